The Morgan fingerprint density at radius 1 is 1.32 bits per heavy atom. The first-order valence-electron chi connectivity index (χ1n) is 7.00. The number of imidazole rings is 1. The molecule has 2 heterocycles. The quantitative estimate of drug-likeness (QED) is 0.653. The van der Waals surface area contributed by atoms with E-state index in [1.807, 2.05) is 54.8 Å². The number of hydrogen-bond acceptors (Lipinski definition) is 3. The van der Waals surface area contributed by atoms with Gasteiger partial charge in [-0.3, -0.25) is 9.20 Å². The second-order valence-corrected chi connectivity index (χ2v) is 5.87. The van der Waals surface area contributed by atoms with Crippen LogP contribution in [0.2, 0.25) is 0 Å². The first kappa shape index (κ1) is 14.8. The van der Waals surface area contributed by atoms with E-state index in [4.69, 9.17) is 4.74 Å². The monoisotopic (exact) mass is 358 g/mol. The van der Waals surface area contributed by atoms with Crippen LogP contribution in [0.1, 0.15) is 23.0 Å². The summed E-state index contributed by atoms with van der Waals surface area (Å²) in [6, 6.07) is 9.60. The second-order valence-electron chi connectivity index (χ2n) is 4.96. The van der Waals surface area contributed by atoms with Crippen molar-refractivity contribution in [3.63, 3.8) is 0 Å². The minimum absolute atomic E-state index is 0.545. The molecule has 0 saturated heterocycles. The standard InChI is InChI=1S/C17H15BrN2O2/c1-3-22-14-6-4-12(5-7-14)16-15(10-21)20-9-13(18)8-11(2)17(20)19-16/h4-10H,3H2,1-2H3. The van der Waals surface area contributed by atoms with Gasteiger partial charge in [0.15, 0.2) is 6.29 Å². The van der Waals surface area contributed by atoms with Crippen LogP contribution < -0.4 is 4.74 Å². The topological polar surface area (TPSA) is 43.6 Å². The summed E-state index contributed by atoms with van der Waals surface area (Å²) in [5, 5.41) is 0. The molecule has 3 rings (SSSR count). The molecule has 3 aromatic rings. The highest BCUT2D eigenvalue weighted by atomic mass is 79.9. The molecule has 112 valence electrons. The van der Waals surface area contributed by atoms with Gasteiger partial charge < -0.3 is 4.74 Å². The largest absolute Gasteiger partial charge is 0.494 e. The number of hydrogen-bond donors (Lipinski definition) is 0. The number of aldehydes is 1. The predicted octanol–water partition coefficient (Wildman–Crippen LogP) is 4.28. The summed E-state index contributed by atoms with van der Waals surface area (Å²) in [4.78, 5) is 16.2. The number of ether oxygens (including phenoxy) is 1. The lowest BCUT2D eigenvalue weighted by Crippen LogP contribution is -1.94. The number of aryl methyl sites for hydroxylation is 1. The molecule has 0 N–H and O–H groups in total. The van der Waals surface area contributed by atoms with E-state index < -0.39 is 0 Å². The van der Waals surface area contributed by atoms with E-state index in [0.717, 1.165) is 33.3 Å². The Morgan fingerprint density at radius 2 is 2.05 bits per heavy atom. The lowest BCUT2D eigenvalue weighted by Gasteiger charge is -2.04. The second kappa shape index (κ2) is 5.93. The van der Waals surface area contributed by atoms with Gasteiger partial charge in [0.2, 0.25) is 0 Å². The zero-order valence-corrected chi connectivity index (χ0v) is 13.9. The molecule has 0 unspecified atom stereocenters. The average molecular weight is 359 g/mol. The van der Waals surface area contributed by atoms with Crippen LogP contribution in [0.15, 0.2) is 41.0 Å². The molecule has 4 nitrogen and oxygen atoms in total. The van der Waals surface area contributed by atoms with Crippen molar-refractivity contribution in [2.75, 3.05) is 6.61 Å². The molecule has 0 atom stereocenters. The smallest absolute Gasteiger partial charge is 0.169 e. The van der Waals surface area contributed by atoms with Gasteiger partial charge in [-0.05, 0) is 65.7 Å². The zero-order valence-electron chi connectivity index (χ0n) is 12.3. The Hall–Kier alpha value is -2.14. The summed E-state index contributed by atoms with van der Waals surface area (Å²) in [7, 11) is 0. The Kier molecular flexibility index (Phi) is 3.98. The van der Waals surface area contributed by atoms with E-state index in [9.17, 15) is 4.79 Å². The molecule has 0 radical (unpaired) electrons. The van der Waals surface area contributed by atoms with Crippen molar-refractivity contribution < 1.29 is 9.53 Å². The minimum atomic E-state index is 0.545. The third-order valence-electron chi connectivity index (χ3n) is 3.46. The predicted molar refractivity (Wildman–Crippen MR) is 89.6 cm³/mol. The summed E-state index contributed by atoms with van der Waals surface area (Å²) in [6.07, 6.45) is 2.70. The molecule has 0 amide bonds. The van der Waals surface area contributed by atoms with E-state index in [-0.39, 0.29) is 0 Å². The molecular formula is C17H15BrN2O2. The molecule has 0 spiro atoms. The SMILES string of the molecule is CCOc1ccc(-c2nc3c(C)cc(Br)cn3c2C=O)cc1. The first-order valence-corrected chi connectivity index (χ1v) is 7.80. The number of pyridine rings is 1. The normalized spacial score (nSPS) is 10.9. The maximum Gasteiger partial charge on any atom is 0.169 e. The number of rotatable bonds is 4. The molecule has 22 heavy (non-hydrogen) atoms. The zero-order chi connectivity index (χ0) is 15.7. The molecule has 2 aromatic heterocycles. The highest BCUT2D eigenvalue weighted by molar-refractivity contribution is 9.10. The van der Waals surface area contributed by atoms with Gasteiger partial charge in [-0.2, -0.15) is 0 Å². The summed E-state index contributed by atoms with van der Waals surface area (Å²) >= 11 is 3.46. The summed E-state index contributed by atoms with van der Waals surface area (Å²) in [5.74, 6) is 0.807. The van der Waals surface area contributed by atoms with Gasteiger partial charge in [-0.15, -0.1) is 0 Å². The van der Waals surface area contributed by atoms with Crippen LogP contribution in [-0.4, -0.2) is 22.3 Å². The van der Waals surface area contributed by atoms with Crippen molar-refractivity contribution in [1.82, 2.24) is 9.38 Å². The average Bonchev–Trinajstić information content (AvgIpc) is 2.87. The van der Waals surface area contributed by atoms with Crippen LogP contribution in [0.25, 0.3) is 16.9 Å². The Labute approximate surface area is 136 Å². The van der Waals surface area contributed by atoms with Crippen molar-refractivity contribution in [1.29, 1.82) is 0 Å². The first-order chi connectivity index (χ1) is 10.6. The highest BCUT2D eigenvalue weighted by Crippen LogP contribution is 2.28. The summed E-state index contributed by atoms with van der Waals surface area (Å²) in [6.45, 7) is 4.55. The van der Waals surface area contributed by atoms with Crippen LogP contribution in [0.3, 0.4) is 0 Å². The van der Waals surface area contributed by atoms with E-state index in [0.29, 0.717) is 18.0 Å². The number of nitrogens with zero attached hydrogens (tertiary/aromatic N) is 2. The van der Waals surface area contributed by atoms with Gasteiger partial charge in [0.25, 0.3) is 0 Å². The number of carbonyl (C=O) groups is 1. The number of benzene rings is 1. The molecular weight excluding hydrogens is 344 g/mol. The fourth-order valence-corrected chi connectivity index (χ4v) is 3.03. The maximum atomic E-state index is 11.6. The number of halogens is 1. The molecule has 5 heteroatoms. The fourth-order valence-electron chi connectivity index (χ4n) is 2.49. The van der Waals surface area contributed by atoms with Gasteiger partial charge in [0.1, 0.15) is 22.8 Å². The number of carbonyl (C=O) groups excluding carboxylic acids is 1. The van der Waals surface area contributed by atoms with Crippen LogP contribution in [0, 0.1) is 6.92 Å². The minimum Gasteiger partial charge on any atom is -0.494 e. The molecule has 0 fully saturated rings. The highest BCUT2D eigenvalue weighted by Gasteiger charge is 2.15. The molecule has 1 aromatic carbocycles. The molecule has 0 aliphatic heterocycles. The Bertz CT molecular complexity index is 838. The Morgan fingerprint density at radius 3 is 2.68 bits per heavy atom. The number of aromatic nitrogens is 2. The fraction of sp³-hybridized carbons (Fsp3) is 0.176. The summed E-state index contributed by atoms with van der Waals surface area (Å²) < 4.78 is 8.18. The van der Waals surface area contributed by atoms with E-state index in [2.05, 4.69) is 20.9 Å². The Balaban J connectivity index is 2.18. The van der Waals surface area contributed by atoms with Crippen molar-refractivity contribution in [3.05, 3.63) is 52.3 Å². The van der Waals surface area contributed by atoms with E-state index >= 15 is 0 Å². The van der Waals surface area contributed by atoms with Crippen molar-refractivity contribution in [2.45, 2.75) is 13.8 Å². The molecule has 0 aliphatic carbocycles. The van der Waals surface area contributed by atoms with Gasteiger partial charge in [-0.25, -0.2) is 4.98 Å². The van der Waals surface area contributed by atoms with Gasteiger partial charge in [-0.1, -0.05) is 0 Å². The van der Waals surface area contributed by atoms with Crippen LogP contribution in [0.5, 0.6) is 5.75 Å². The summed E-state index contributed by atoms with van der Waals surface area (Å²) in [5.41, 5.74) is 3.91. The third kappa shape index (κ3) is 2.52. The van der Waals surface area contributed by atoms with Crippen LogP contribution in [0.4, 0.5) is 0 Å². The lowest BCUT2D eigenvalue weighted by atomic mass is 10.1. The van der Waals surface area contributed by atoms with E-state index in [1.54, 1.807) is 0 Å². The molecule has 0 aliphatic rings. The maximum absolute atomic E-state index is 11.6. The van der Waals surface area contributed by atoms with Crippen LogP contribution >= 0.6 is 15.9 Å². The van der Waals surface area contributed by atoms with E-state index in [1.165, 1.54) is 0 Å². The number of fused-ring (bicyclic) bond motifs is 1. The van der Waals surface area contributed by atoms with Crippen molar-refractivity contribution in [3.8, 4) is 17.0 Å². The van der Waals surface area contributed by atoms with Crippen molar-refractivity contribution >= 4 is 27.9 Å². The molecule has 0 saturated carbocycles. The van der Waals surface area contributed by atoms with Crippen LogP contribution in [-0.2, 0) is 0 Å². The van der Waals surface area contributed by atoms with Crippen molar-refractivity contribution in [2.24, 2.45) is 0 Å². The lowest BCUT2D eigenvalue weighted by molar-refractivity contribution is 0.111. The van der Waals surface area contributed by atoms with Gasteiger partial charge in [0.05, 0.1) is 6.61 Å². The molecule has 0 bridgehead atoms. The van der Waals surface area contributed by atoms with Gasteiger partial charge in [0, 0.05) is 16.2 Å². The van der Waals surface area contributed by atoms with Gasteiger partial charge >= 0.3 is 0 Å². The third-order valence-corrected chi connectivity index (χ3v) is 3.89.